The van der Waals surface area contributed by atoms with E-state index in [1.807, 2.05) is 0 Å². The lowest BCUT2D eigenvalue weighted by atomic mass is 10.2. The molecule has 0 radical (unpaired) electrons. The summed E-state index contributed by atoms with van der Waals surface area (Å²) in [6, 6.07) is 1.26. The summed E-state index contributed by atoms with van der Waals surface area (Å²) in [5.41, 5.74) is 0.300. The molecule has 1 nitrogen and oxygen atoms in total. The molecule has 1 aromatic rings. The Balaban J connectivity index is 3.29. The fourth-order valence-corrected chi connectivity index (χ4v) is 2.41. The Bertz CT molecular complexity index is 373. The number of alkyl halides is 3. The fraction of sp³-hybridized carbons (Fsp3) is 0.250. The molecular formula is C8H4BrCl3F2O. The number of halogens is 6. The Morgan fingerprint density at radius 1 is 1.27 bits per heavy atom. The maximum Gasteiger partial charge on any atom is 0.387 e. The Hall–Kier alpha value is 0.230. The smallest absolute Gasteiger partial charge is 0.387 e. The molecule has 0 aliphatic heterocycles. The van der Waals surface area contributed by atoms with E-state index in [1.54, 1.807) is 0 Å². The lowest BCUT2D eigenvalue weighted by Crippen LogP contribution is -2.05. The molecular weight excluding hydrogens is 336 g/mol. The highest BCUT2D eigenvalue weighted by Gasteiger charge is 2.18. The predicted octanol–water partition coefficient (Wildman–Crippen LogP) is 5.14. The van der Waals surface area contributed by atoms with Crippen molar-refractivity contribution in [3.05, 3.63) is 26.7 Å². The van der Waals surface area contributed by atoms with Crippen LogP contribution >= 0.6 is 50.7 Å². The first-order chi connectivity index (χ1) is 6.97. The summed E-state index contributed by atoms with van der Waals surface area (Å²) in [7, 11) is 0. The van der Waals surface area contributed by atoms with Gasteiger partial charge in [0.25, 0.3) is 0 Å². The normalized spacial score (nSPS) is 10.9. The van der Waals surface area contributed by atoms with Crippen molar-refractivity contribution in [1.29, 1.82) is 0 Å². The van der Waals surface area contributed by atoms with E-state index in [1.165, 1.54) is 6.07 Å². The molecule has 7 heteroatoms. The summed E-state index contributed by atoms with van der Waals surface area (Å²) in [5.74, 6) is -0.155. The van der Waals surface area contributed by atoms with Crippen molar-refractivity contribution in [2.45, 2.75) is 11.9 Å². The van der Waals surface area contributed by atoms with Gasteiger partial charge in [-0.15, -0.1) is 0 Å². The van der Waals surface area contributed by atoms with Gasteiger partial charge in [-0.2, -0.15) is 8.78 Å². The van der Waals surface area contributed by atoms with Crippen LogP contribution in [0, 0.1) is 0 Å². The van der Waals surface area contributed by atoms with Gasteiger partial charge in [0, 0.05) is 10.9 Å². The van der Waals surface area contributed by atoms with Gasteiger partial charge in [0.2, 0.25) is 0 Å². The molecule has 84 valence electrons. The molecule has 0 bridgehead atoms. The Kier molecular flexibility index (Phi) is 4.90. The van der Waals surface area contributed by atoms with Crippen molar-refractivity contribution < 1.29 is 13.5 Å². The maximum absolute atomic E-state index is 12.1. The minimum atomic E-state index is -2.96. The second-order valence-electron chi connectivity index (χ2n) is 2.47. The Morgan fingerprint density at radius 3 is 2.33 bits per heavy atom. The van der Waals surface area contributed by atoms with Crippen molar-refractivity contribution in [3.63, 3.8) is 0 Å². The van der Waals surface area contributed by atoms with Crippen molar-refractivity contribution in [1.82, 2.24) is 0 Å². The Morgan fingerprint density at radius 2 is 1.87 bits per heavy atom. The summed E-state index contributed by atoms with van der Waals surface area (Å²) < 4.78 is 28.4. The highest BCUT2D eigenvalue weighted by molar-refractivity contribution is 9.08. The topological polar surface area (TPSA) is 9.23 Å². The molecule has 0 N–H and O–H groups in total. The third-order valence-electron chi connectivity index (χ3n) is 1.56. The van der Waals surface area contributed by atoms with Gasteiger partial charge in [0.1, 0.15) is 5.75 Å². The predicted molar refractivity (Wildman–Crippen MR) is 60.7 cm³/mol. The SMILES string of the molecule is FC(F)Oc1c(Cl)cc(Cl)c(Cl)c1CBr. The average Bonchev–Trinajstić information content (AvgIpc) is 2.14. The van der Waals surface area contributed by atoms with Crippen molar-refractivity contribution >= 4 is 50.7 Å². The van der Waals surface area contributed by atoms with Gasteiger partial charge in [-0.1, -0.05) is 50.7 Å². The maximum atomic E-state index is 12.1. The second-order valence-corrected chi connectivity index (χ2v) is 4.23. The third-order valence-corrected chi connectivity index (χ3v) is 3.23. The van der Waals surface area contributed by atoms with Gasteiger partial charge >= 0.3 is 6.61 Å². The monoisotopic (exact) mass is 338 g/mol. The molecule has 1 aromatic carbocycles. The largest absolute Gasteiger partial charge is 0.433 e. The van der Waals surface area contributed by atoms with Gasteiger partial charge in [0.05, 0.1) is 15.1 Å². The van der Waals surface area contributed by atoms with Crippen LogP contribution in [-0.2, 0) is 5.33 Å². The van der Waals surface area contributed by atoms with Crippen LogP contribution in [0.3, 0.4) is 0 Å². The van der Waals surface area contributed by atoms with Crippen LogP contribution in [0.1, 0.15) is 5.56 Å². The van der Waals surface area contributed by atoms with Crippen LogP contribution in [0.4, 0.5) is 8.78 Å². The number of hydrogen-bond donors (Lipinski definition) is 0. The van der Waals surface area contributed by atoms with E-state index in [2.05, 4.69) is 20.7 Å². The molecule has 0 amide bonds. The molecule has 15 heavy (non-hydrogen) atoms. The van der Waals surface area contributed by atoms with Crippen LogP contribution in [-0.4, -0.2) is 6.61 Å². The zero-order valence-corrected chi connectivity index (χ0v) is 10.9. The van der Waals surface area contributed by atoms with E-state index < -0.39 is 6.61 Å². The summed E-state index contributed by atoms with van der Waals surface area (Å²) in [6.45, 7) is -2.96. The van der Waals surface area contributed by atoms with Gasteiger partial charge < -0.3 is 4.74 Å². The van der Waals surface area contributed by atoms with Gasteiger partial charge in [-0.05, 0) is 6.07 Å². The van der Waals surface area contributed by atoms with Crippen LogP contribution < -0.4 is 4.74 Å². The summed E-state index contributed by atoms with van der Waals surface area (Å²) in [6.07, 6.45) is 0. The van der Waals surface area contributed by atoms with Crippen molar-refractivity contribution in [2.24, 2.45) is 0 Å². The molecule has 0 aliphatic rings. The van der Waals surface area contributed by atoms with E-state index in [0.29, 0.717) is 5.56 Å². The van der Waals surface area contributed by atoms with Crippen LogP contribution in [0.5, 0.6) is 5.75 Å². The molecule has 1 rings (SSSR count). The number of hydrogen-bond acceptors (Lipinski definition) is 1. The third kappa shape index (κ3) is 3.09. The molecule has 0 saturated heterocycles. The minimum Gasteiger partial charge on any atom is -0.433 e. The van der Waals surface area contributed by atoms with Crippen molar-refractivity contribution in [2.75, 3.05) is 0 Å². The quantitative estimate of drug-likeness (QED) is 0.547. The standard InChI is InChI=1S/C8H4BrCl3F2O/c9-2-3-6(12)4(10)1-5(11)7(3)15-8(13)14/h1,8H,2H2. The van der Waals surface area contributed by atoms with E-state index >= 15 is 0 Å². The summed E-state index contributed by atoms with van der Waals surface area (Å²) >= 11 is 20.3. The highest BCUT2D eigenvalue weighted by atomic mass is 79.9. The summed E-state index contributed by atoms with van der Waals surface area (Å²) in [5, 5.41) is 0.555. The molecule has 0 aromatic heterocycles. The van der Waals surface area contributed by atoms with Crippen LogP contribution in [0.25, 0.3) is 0 Å². The first-order valence-electron chi connectivity index (χ1n) is 3.64. The van der Waals surface area contributed by atoms with Crippen molar-refractivity contribution in [3.8, 4) is 5.75 Å². The molecule has 0 fully saturated rings. The van der Waals surface area contributed by atoms with Gasteiger partial charge in [-0.25, -0.2) is 0 Å². The summed E-state index contributed by atoms with van der Waals surface area (Å²) in [4.78, 5) is 0. The lowest BCUT2D eigenvalue weighted by molar-refractivity contribution is -0.0502. The van der Waals surface area contributed by atoms with E-state index in [9.17, 15) is 8.78 Å². The molecule has 0 atom stereocenters. The van der Waals surface area contributed by atoms with E-state index in [-0.39, 0.29) is 26.1 Å². The molecule has 0 saturated carbocycles. The number of ether oxygens (including phenoxy) is 1. The van der Waals surface area contributed by atoms with E-state index in [0.717, 1.165) is 0 Å². The lowest BCUT2D eigenvalue weighted by Gasteiger charge is -2.13. The van der Waals surface area contributed by atoms with Crippen LogP contribution in [0.2, 0.25) is 15.1 Å². The molecule has 0 aliphatic carbocycles. The van der Waals surface area contributed by atoms with E-state index in [4.69, 9.17) is 34.8 Å². The second kappa shape index (κ2) is 5.53. The minimum absolute atomic E-state index is 0.000787. The van der Waals surface area contributed by atoms with Gasteiger partial charge in [-0.3, -0.25) is 0 Å². The molecule has 0 heterocycles. The zero-order chi connectivity index (χ0) is 11.6. The Labute approximate surface area is 108 Å². The zero-order valence-electron chi connectivity index (χ0n) is 7.04. The first kappa shape index (κ1) is 13.3. The van der Waals surface area contributed by atoms with Crippen LogP contribution in [0.15, 0.2) is 6.07 Å². The van der Waals surface area contributed by atoms with Gasteiger partial charge in [0.15, 0.2) is 0 Å². The molecule has 0 spiro atoms. The fourth-order valence-electron chi connectivity index (χ4n) is 0.964. The number of rotatable bonds is 3. The number of benzene rings is 1. The first-order valence-corrected chi connectivity index (χ1v) is 5.90. The highest BCUT2D eigenvalue weighted by Crippen LogP contribution is 2.40. The molecule has 0 unspecified atom stereocenters. The average molecular weight is 340 g/mol.